The van der Waals surface area contributed by atoms with Crippen LogP contribution in [0.5, 0.6) is 0 Å². The number of aryl methyl sites for hydroxylation is 1. The van der Waals surface area contributed by atoms with E-state index in [9.17, 15) is 17.6 Å². The van der Waals surface area contributed by atoms with Gasteiger partial charge in [-0.05, 0) is 60.9 Å². The maximum Gasteiger partial charge on any atom is 0.240 e. The Balaban J connectivity index is 1.54. The van der Waals surface area contributed by atoms with Crippen molar-refractivity contribution in [3.63, 3.8) is 0 Å². The second-order valence-corrected chi connectivity index (χ2v) is 10.1. The number of rotatable bonds is 5. The van der Waals surface area contributed by atoms with E-state index >= 15 is 0 Å². The largest absolute Gasteiger partial charge is 0.358 e. The Bertz CT molecular complexity index is 1260. The van der Waals surface area contributed by atoms with Crippen LogP contribution in [-0.2, 0) is 26.7 Å². The highest BCUT2D eigenvalue weighted by atomic mass is 32.2. The predicted molar refractivity (Wildman–Crippen MR) is 115 cm³/mol. The third-order valence-corrected chi connectivity index (χ3v) is 7.11. The van der Waals surface area contributed by atoms with Crippen molar-refractivity contribution < 1.29 is 17.6 Å². The normalized spacial score (nSPS) is 15.8. The summed E-state index contributed by atoms with van der Waals surface area (Å²) in [5.41, 5.74) is 3.60. The molecule has 0 aliphatic carbocycles. The Morgan fingerprint density at radius 3 is 2.70 bits per heavy atom. The van der Waals surface area contributed by atoms with Crippen LogP contribution in [0.25, 0.3) is 10.9 Å². The first-order valence-electron chi connectivity index (χ1n) is 9.77. The standard InChI is InChI=1S/C22H24FN3O3S/c1-13-16(17-10-14(23)4-6-19(17)25-13)8-9-24-30(28,29)15-5-7-20-18(11-15)22(2,3)12-21(27)26-20/h4-7,10-11,24-25H,8-9,12H2,1-3H3,(H,26,27). The third kappa shape index (κ3) is 3.73. The summed E-state index contributed by atoms with van der Waals surface area (Å²) in [4.78, 5) is 15.2. The first-order chi connectivity index (χ1) is 14.1. The van der Waals surface area contributed by atoms with E-state index in [0.29, 0.717) is 18.5 Å². The van der Waals surface area contributed by atoms with Crippen LogP contribution >= 0.6 is 0 Å². The number of carbonyl (C=O) groups excluding carboxylic acids is 1. The Hall–Kier alpha value is -2.71. The second-order valence-electron chi connectivity index (χ2n) is 8.38. The minimum Gasteiger partial charge on any atom is -0.358 e. The SMILES string of the molecule is Cc1[nH]c2ccc(F)cc2c1CCNS(=O)(=O)c1ccc2c(c1)C(C)(C)CC(=O)N2. The minimum absolute atomic E-state index is 0.0771. The molecule has 0 saturated heterocycles. The first-order valence-corrected chi connectivity index (χ1v) is 11.3. The zero-order valence-corrected chi connectivity index (χ0v) is 17.9. The maximum atomic E-state index is 13.6. The van der Waals surface area contributed by atoms with Crippen molar-refractivity contribution in [1.82, 2.24) is 9.71 Å². The smallest absolute Gasteiger partial charge is 0.240 e. The van der Waals surface area contributed by atoms with Crippen molar-refractivity contribution >= 4 is 32.5 Å². The summed E-state index contributed by atoms with van der Waals surface area (Å²) in [5.74, 6) is -0.404. The molecule has 2 heterocycles. The number of H-pyrrole nitrogens is 1. The van der Waals surface area contributed by atoms with Gasteiger partial charge in [0.2, 0.25) is 15.9 Å². The number of carbonyl (C=O) groups is 1. The molecule has 0 spiro atoms. The fraction of sp³-hybridized carbons (Fsp3) is 0.318. The zero-order valence-electron chi connectivity index (χ0n) is 17.1. The van der Waals surface area contributed by atoms with Crippen LogP contribution in [0.2, 0.25) is 0 Å². The lowest BCUT2D eigenvalue weighted by Gasteiger charge is -2.32. The molecule has 1 aliphatic rings. The lowest BCUT2D eigenvalue weighted by atomic mass is 9.78. The van der Waals surface area contributed by atoms with Crippen LogP contribution in [0.15, 0.2) is 41.3 Å². The molecule has 1 aliphatic heterocycles. The molecule has 3 aromatic rings. The van der Waals surface area contributed by atoms with Gasteiger partial charge in [0.15, 0.2) is 0 Å². The molecule has 0 saturated carbocycles. The van der Waals surface area contributed by atoms with Gasteiger partial charge in [0.25, 0.3) is 0 Å². The lowest BCUT2D eigenvalue weighted by Crippen LogP contribution is -2.33. The number of sulfonamides is 1. The van der Waals surface area contributed by atoms with Gasteiger partial charge in [-0.3, -0.25) is 4.79 Å². The van der Waals surface area contributed by atoms with Crippen LogP contribution in [-0.4, -0.2) is 25.9 Å². The summed E-state index contributed by atoms with van der Waals surface area (Å²) in [6, 6.07) is 9.29. The van der Waals surface area contributed by atoms with E-state index in [2.05, 4.69) is 15.0 Å². The number of halogens is 1. The first kappa shape index (κ1) is 20.6. The van der Waals surface area contributed by atoms with E-state index in [4.69, 9.17) is 0 Å². The average Bonchev–Trinajstić information content (AvgIpc) is 2.95. The fourth-order valence-corrected chi connectivity index (χ4v) is 5.18. The molecule has 30 heavy (non-hydrogen) atoms. The Morgan fingerprint density at radius 2 is 1.93 bits per heavy atom. The molecular weight excluding hydrogens is 405 g/mol. The van der Waals surface area contributed by atoms with E-state index in [1.54, 1.807) is 18.2 Å². The van der Waals surface area contributed by atoms with Crippen LogP contribution < -0.4 is 10.0 Å². The minimum atomic E-state index is -3.73. The second kappa shape index (κ2) is 7.21. The molecule has 6 nitrogen and oxygen atoms in total. The van der Waals surface area contributed by atoms with Gasteiger partial charge in [-0.1, -0.05) is 13.8 Å². The molecule has 1 amide bonds. The summed E-state index contributed by atoms with van der Waals surface area (Å²) >= 11 is 0. The average molecular weight is 430 g/mol. The van der Waals surface area contributed by atoms with E-state index in [1.165, 1.54) is 18.2 Å². The molecule has 0 unspecified atom stereocenters. The Kier molecular flexibility index (Phi) is 4.94. The highest BCUT2D eigenvalue weighted by Gasteiger charge is 2.33. The summed E-state index contributed by atoms with van der Waals surface area (Å²) in [6.07, 6.45) is 0.730. The summed E-state index contributed by atoms with van der Waals surface area (Å²) in [7, 11) is -3.73. The molecule has 1 aromatic heterocycles. The van der Waals surface area contributed by atoms with Crippen molar-refractivity contribution in [1.29, 1.82) is 0 Å². The maximum absolute atomic E-state index is 13.6. The Morgan fingerprint density at radius 1 is 1.17 bits per heavy atom. The predicted octanol–water partition coefficient (Wildman–Crippen LogP) is 3.76. The summed E-state index contributed by atoms with van der Waals surface area (Å²) in [5, 5.41) is 3.56. The lowest BCUT2D eigenvalue weighted by molar-refractivity contribution is -0.117. The van der Waals surface area contributed by atoms with Gasteiger partial charge in [-0.15, -0.1) is 0 Å². The number of benzene rings is 2. The number of aromatic nitrogens is 1. The van der Waals surface area contributed by atoms with E-state index in [0.717, 1.165) is 27.7 Å². The van der Waals surface area contributed by atoms with Crippen molar-refractivity contribution in [3.8, 4) is 0 Å². The molecule has 4 rings (SSSR count). The van der Waals surface area contributed by atoms with Crippen molar-refractivity contribution in [2.24, 2.45) is 0 Å². The highest BCUT2D eigenvalue weighted by Crippen LogP contribution is 2.38. The quantitative estimate of drug-likeness (QED) is 0.577. The number of fused-ring (bicyclic) bond motifs is 2. The number of hydrogen-bond donors (Lipinski definition) is 3. The van der Waals surface area contributed by atoms with Gasteiger partial charge in [0.05, 0.1) is 4.90 Å². The van der Waals surface area contributed by atoms with Crippen LogP contribution in [0.3, 0.4) is 0 Å². The van der Waals surface area contributed by atoms with Gasteiger partial charge >= 0.3 is 0 Å². The van der Waals surface area contributed by atoms with E-state index < -0.39 is 15.4 Å². The molecule has 3 N–H and O–H groups in total. The van der Waals surface area contributed by atoms with Crippen LogP contribution in [0.4, 0.5) is 10.1 Å². The van der Waals surface area contributed by atoms with Crippen molar-refractivity contribution in [3.05, 3.63) is 59.0 Å². The topological polar surface area (TPSA) is 91.1 Å². The van der Waals surface area contributed by atoms with Gasteiger partial charge < -0.3 is 10.3 Å². The molecule has 0 bridgehead atoms. The van der Waals surface area contributed by atoms with Crippen LogP contribution in [0.1, 0.15) is 37.1 Å². The monoisotopic (exact) mass is 429 g/mol. The fourth-order valence-electron chi connectivity index (χ4n) is 4.12. The van der Waals surface area contributed by atoms with E-state index in [-0.39, 0.29) is 23.2 Å². The van der Waals surface area contributed by atoms with Crippen molar-refractivity contribution in [2.45, 2.75) is 43.9 Å². The van der Waals surface area contributed by atoms with Gasteiger partial charge in [0.1, 0.15) is 5.82 Å². The molecule has 0 fully saturated rings. The van der Waals surface area contributed by atoms with Crippen molar-refractivity contribution in [2.75, 3.05) is 11.9 Å². The number of aromatic amines is 1. The molecular formula is C22H24FN3O3S. The highest BCUT2D eigenvalue weighted by molar-refractivity contribution is 7.89. The molecule has 0 atom stereocenters. The number of hydrogen-bond acceptors (Lipinski definition) is 3. The van der Waals surface area contributed by atoms with E-state index in [1.807, 2.05) is 20.8 Å². The Labute approximate surface area is 174 Å². The summed E-state index contributed by atoms with van der Waals surface area (Å²) < 4.78 is 42.0. The van der Waals surface area contributed by atoms with Gasteiger partial charge in [-0.2, -0.15) is 0 Å². The van der Waals surface area contributed by atoms with Crippen LogP contribution in [0, 0.1) is 12.7 Å². The molecule has 158 valence electrons. The third-order valence-electron chi connectivity index (χ3n) is 5.66. The number of amides is 1. The zero-order chi connectivity index (χ0) is 21.7. The molecule has 0 radical (unpaired) electrons. The molecule has 8 heteroatoms. The van der Waals surface area contributed by atoms with Gasteiger partial charge in [-0.25, -0.2) is 17.5 Å². The number of anilines is 1. The van der Waals surface area contributed by atoms with Gasteiger partial charge in [0, 0.05) is 40.7 Å². The summed E-state index contributed by atoms with van der Waals surface area (Å²) in [6.45, 7) is 5.92. The molecule has 2 aromatic carbocycles. The number of nitrogens with one attached hydrogen (secondary N) is 3.